The van der Waals surface area contributed by atoms with Crippen LogP contribution in [-0.2, 0) is 0 Å². The molecule has 0 bridgehead atoms. The first-order valence-corrected chi connectivity index (χ1v) is 4.82. The zero-order valence-electron chi connectivity index (χ0n) is 8.70. The molecular formula is C10H14BNO2. The fourth-order valence-electron chi connectivity index (χ4n) is 1.89. The zero-order chi connectivity index (χ0) is 10.1. The van der Waals surface area contributed by atoms with Gasteiger partial charge in [0.25, 0.3) is 0 Å². The van der Waals surface area contributed by atoms with Gasteiger partial charge in [-0.25, -0.2) is 0 Å². The van der Waals surface area contributed by atoms with Gasteiger partial charge in [0.2, 0.25) is 0 Å². The third kappa shape index (κ3) is 1.46. The fourth-order valence-corrected chi connectivity index (χ4v) is 1.89. The molecule has 1 aromatic rings. The molecule has 0 aliphatic carbocycles. The smallest absolute Gasteiger partial charge is 0.443 e. The van der Waals surface area contributed by atoms with Crippen LogP contribution in [0.3, 0.4) is 0 Å². The highest BCUT2D eigenvalue weighted by molar-refractivity contribution is 6.48. The third-order valence-corrected chi connectivity index (χ3v) is 2.47. The highest BCUT2D eigenvalue weighted by Crippen LogP contribution is 2.36. The normalized spacial score (nSPS) is 19.9. The van der Waals surface area contributed by atoms with E-state index in [1.54, 1.807) is 7.11 Å². The fraction of sp³-hybridized carbons (Fsp3) is 0.400. The van der Waals surface area contributed by atoms with Gasteiger partial charge in [-0.2, -0.15) is 0 Å². The third-order valence-electron chi connectivity index (χ3n) is 2.47. The Morgan fingerprint density at radius 2 is 2.29 bits per heavy atom. The number of hydrogen-bond donors (Lipinski definition) is 1. The molecule has 14 heavy (non-hydrogen) atoms. The summed E-state index contributed by atoms with van der Waals surface area (Å²) >= 11 is 0. The van der Waals surface area contributed by atoms with Crippen molar-refractivity contribution >= 4 is 7.05 Å². The molecule has 0 saturated heterocycles. The van der Waals surface area contributed by atoms with Crippen molar-refractivity contribution in [3.8, 4) is 11.5 Å². The van der Waals surface area contributed by atoms with E-state index in [-0.39, 0.29) is 13.1 Å². The van der Waals surface area contributed by atoms with E-state index < -0.39 is 0 Å². The van der Waals surface area contributed by atoms with Gasteiger partial charge in [-0.3, -0.25) is 0 Å². The monoisotopic (exact) mass is 191 g/mol. The minimum absolute atomic E-state index is 0.0598. The summed E-state index contributed by atoms with van der Waals surface area (Å²) < 4.78 is 11.0. The summed E-state index contributed by atoms with van der Waals surface area (Å²) in [5.74, 6) is 1.80. The van der Waals surface area contributed by atoms with Crippen molar-refractivity contribution < 1.29 is 9.39 Å². The first-order chi connectivity index (χ1) is 6.72. The maximum atomic E-state index is 5.65. The van der Waals surface area contributed by atoms with Gasteiger partial charge in [0, 0.05) is 6.04 Å². The van der Waals surface area contributed by atoms with Crippen molar-refractivity contribution in [2.75, 3.05) is 7.11 Å². The summed E-state index contributed by atoms with van der Waals surface area (Å²) in [6.45, 7) is 4.11. The van der Waals surface area contributed by atoms with Crippen molar-refractivity contribution in [3.05, 3.63) is 23.8 Å². The molecule has 74 valence electrons. The number of ether oxygens (including phenoxy) is 1. The zero-order valence-corrected chi connectivity index (χ0v) is 8.70. The SMILES string of the molecule is COc1cccc2c1C(C)NB(C)O2. The minimum atomic E-state index is 0.0598. The molecule has 0 saturated carbocycles. The summed E-state index contributed by atoms with van der Waals surface area (Å²) in [6, 6.07) is 6.15. The number of methoxy groups -OCH3 is 1. The van der Waals surface area contributed by atoms with Gasteiger partial charge in [-0.1, -0.05) is 6.07 Å². The largest absolute Gasteiger partial charge is 0.546 e. The average Bonchev–Trinajstić information content (AvgIpc) is 2.16. The van der Waals surface area contributed by atoms with Crippen LogP contribution in [-0.4, -0.2) is 14.2 Å². The van der Waals surface area contributed by atoms with Crippen LogP contribution in [0, 0.1) is 0 Å². The lowest BCUT2D eigenvalue weighted by Gasteiger charge is -2.29. The van der Waals surface area contributed by atoms with Crippen molar-refractivity contribution in [2.45, 2.75) is 19.8 Å². The first-order valence-electron chi connectivity index (χ1n) is 4.82. The highest BCUT2D eigenvalue weighted by atomic mass is 16.5. The first kappa shape index (κ1) is 9.40. The summed E-state index contributed by atoms with van der Waals surface area (Å²) in [7, 11) is 1.74. The van der Waals surface area contributed by atoms with E-state index in [2.05, 4.69) is 12.2 Å². The van der Waals surface area contributed by atoms with Crippen molar-refractivity contribution in [1.82, 2.24) is 5.23 Å². The average molecular weight is 191 g/mol. The highest BCUT2D eigenvalue weighted by Gasteiger charge is 2.27. The molecule has 1 N–H and O–H groups in total. The Kier molecular flexibility index (Phi) is 2.38. The van der Waals surface area contributed by atoms with Gasteiger partial charge in [-0.05, 0) is 25.9 Å². The van der Waals surface area contributed by atoms with Gasteiger partial charge >= 0.3 is 7.05 Å². The van der Waals surface area contributed by atoms with Crippen LogP contribution >= 0.6 is 0 Å². The van der Waals surface area contributed by atoms with Gasteiger partial charge in [-0.15, -0.1) is 0 Å². The molecule has 0 aromatic heterocycles. The lowest BCUT2D eigenvalue weighted by Crippen LogP contribution is -2.42. The van der Waals surface area contributed by atoms with Crippen LogP contribution in [0.5, 0.6) is 11.5 Å². The van der Waals surface area contributed by atoms with Gasteiger partial charge in [0.15, 0.2) is 0 Å². The molecule has 1 heterocycles. The maximum Gasteiger partial charge on any atom is 0.443 e. The van der Waals surface area contributed by atoms with Gasteiger partial charge in [0.1, 0.15) is 11.5 Å². The maximum absolute atomic E-state index is 5.65. The van der Waals surface area contributed by atoms with Crippen LogP contribution in [0.25, 0.3) is 0 Å². The summed E-state index contributed by atoms with van der Waals surface area (Å²) in [5.41, 5.74) is 1.10. The number of hydrogen-bond acceptors (Lipinski definition) is 3. The predicted octanol–water partition coefficient (Wildman–Crippen LogP) is 1.86. The predicted molar refractivity (Wildman–Crippen MR) is 56.8 cm³/mol. The van der Waals surface area contributed by atoms with Gasteiger partial charge < -0.3 is 14.6 Å². The van der Waals surface area contributed by atoms with Crippen LogP contribution < -0.4 is 14.6 Å². The molecule has 1 aromatic carbocycles. The standard InChI is InChI=1S/C10H14BNO2/c1-7-10-8(13-3)5-4-6-9(10)14-11(2)12-7/h4-7,12H,1-3H3. The van der Waals surface area contributed by atoms with E-state index >= 15 is 0 Å². The molecule has 0 amide bonds. The van der Waals surface area contributed by atoms with Crippen LogP contribution in [0.15, 0.2) is 18.2 Å². The lowest BCUT2D eigenvalue weighted by molar-refractivity contribution is 0.392. The van der Waals surface area contributed by atoms with Crippen molar-refractivity contribution in [1.29, 1.82) is 0 Å². The number of fused-ring (bicyclic) bond motifs is 1. The Balaban J connectivity index is 2.47. The summed E-state index contributed by atoms with van der Waals surface area (Å²) in [4.78, 5) is 0. The molecule has 1 unspecified atom stereocenters. The number of rotatable bonds is 1. The molecule has 2 rings (SSSR count). The van der Waals surface area contributed by atoms with E-state index in [1.807, 2.05) is 25.0 Å². The summed E-state index contributed by atoms with van der Waals surface area (Å²) in [6.07, 6.45) is 0. The molecule has 1 atom stereocenters. The Labute approximate surface area is 84.5 Å². The second kappa shape index (κ2) is 3.54. The molecule has 0 fully saturated rings. The van der Waals surface area contributed by atoms with Crippen molar-refractivity contribution in [2.24, 2.45) is 0 Å². The minimum Gasteiger partial charge on any atom is -0.546 e. The molecule has 0 radical (unpaired) electrons. The quantitative estimate of drug-likeness (QED) is 0.687. The molecule has 4 heteroatoms. The Morgan fingerprint density at radius 1 is 1.50 bits per heavy atom. The van der Waals surface area contributed by atoms with Crippen LogP contribution in [0.1, 0.15) is 18.5 Å². The number of nitrogens with one attached hydrogen (secondary N) is 1. The van der Waals surface area contributed by atoms with E-state index in [0.29, 0.717) is 0 Å². The van der Waals surface area contributed by atoms with Crippen LogP contribution in [0.2, 0.25) is 6.82 Å². The van der Waals surface area contributed by atoms with E-state index in [9.17, 15) is 0 Å². The molecular weight excluding hydrogens is 177 g/mol. The Morgan fingerprint density at radius 3 is 3.00 bits per heavy atom. The molecule has 1 aliphatic heterocycles. The second-order valence-corrected chi connectivity index (χ2v) is 3.52. The molecule has 1 aliphatic rings. The topological polar surface area (TPSA) is 30.5 Å². The Hall–Kier alpha value is -1.16. The molecule has 0 spiro atoms. The van der Waals surface area contributed by atoms with Crippen LogP contribution in [0.4, 0.5) is 0 Å². The van der Waals surface area contributed by atoms with Gasteiger partial charge in [0.05, 0.1) is 12.7 Å². The van der Waals surface area contributed by atoms with E-state index in [4.69, 9.17) is 9.39 Å². The molecule has 3 nitrogen and oxygen atoms in total. The summed E-state index contributed by atoms with van der Waals surface area (Å²) in [5, 5.41) is 3.31. The Bertz CT molecular complexity index is 343. The van der Waals surface area contributed by atoms with E-state index in [1.165, 1.54) is 0 Å². The number of benzene rings is 1. The van der Waals surface area contributed by atoms with Crippen molar-refractivity contribution in [3.63, 3.8) is 0 Å². The lowest BCUT2D eigenvalue weighted by atomic mass is 9.82. The van der Waals surface area contributed by atoms with E-state index in [0.717, 1.165) is 17.1 Å². The second-order valence-electron chi connectivity index (χ2n) is 3.52.